The van der Waals surface area contributed by atoms with Crippen LogP contribution in [0.25, 0.3) is 0 Å². The van der Waals surface area contributed by atoms with Crippen molar-refractivity contribution in [3.8, 4) is 0 Å². The molecule has 1 N–H and O–H groups in total. The fourth-order valence-electron chi connectivity index (χ4n) is 4.35. The van der Waals surface area contributed by atoms with Gasteiger partial charge in [0.1, 0.15) is 17.5 Å². The predicted molar refractivity (Wildman–Crippen MR) is 101 cm³/mol. The van der Waals surface area contributed by atoms with Gasteiger partial charge in [0.15, 0.2) is 0 Å². The lowest BCUT2D eigenvalue weighted by atomic mass is 9.99. The van der Waals surface area contributed by atoms with Gasteiger partial charge in [-0.3, -0.25) is 0 Å². The van der Waals surface area contributed by atoms with Gasteiger partial charge in [-0.25, -0.2) is 9.97 Å². The number of aromatic nitrogens is 2. The molecule has 1 aromatic heterocycles. The van der Waals surface area contributed by atoms with Crippen LogP contribution >= 0.6 is 0 Å². The number of hydrogen-bond acceptors (Lipinski definition) is 4. The summed E-state index contributed by atoms with van der Waals surface area (Å²) in [7, 11) is 0. The third-order valence-corrected chi connectivity index (χ3v) is 6.07. The van der Waals surface area contributed by atoms with Gasteiger partial charge >= 0.3 is 0 Å². The Kier molecular flexibility index (Phi) is 3.47. The van der Waals surface area contributed by atoms with E-state index in [1.54, 1.807) is 5.56 Å². The number of nitrogens with one attached hydrogen (secondary N) is 1. The molecular weight excluding hydrogens is 308 g/mol. The number of rotatable bonds is 5. The van der Waals surface area contributed by atoms with E-state index in [1.807, 2.05) is 0 Å². The molecule has 0 amide bonds. The van der Waals surface area contributed by atoms with Crippen molar-refractivity contribution in [1.29, 1.82) is 0 Å². The van der Waals surface area contributed by atoms with E-state index in [0.717, 1.165) is 30.4 Å². The van der Waals surface area contributed by atoms with E-state index in [9.17, 15) is 0 Å². The van der Waals surface area contributed by atoms with E-state index >= 15 is 0 Å². The van der Waals surface area contributed by atoms with Gasteiger partial charge in [0.25, 0.3) is 0 Å². The standard InChI is InChI=1S/C21H26N4/c1-3-13(2)22-19-11-20(24-21(23-19)14-8-9-14)25-12-15-10-18(25)17-7-5-4-6-16(15)17/h4-7,11,13-15,18H,3,8-10,12H2,1-2H3,(H,22,23,24)/t13-,15-,18+/m1/s1. The van der Waals surface area contributed by atoms with E-state index in [2.05, 4.69) is 54.4 Å². The lowest BCUT2D eigenvalue weighted by molar-refractivity contribution is 0.719. The zero-order valence-electron chi connectivity index (χ0n) is 15.1. The first-order valence-corrected chi connectivity index (χ1v) is 9.74. The van der Waals surface area contributed by atoms with E-state index < -0.39 is 0 Å². The Balaban J connectivity index is 1.50. The summed E-state index contributed by atoms with van der Waals surface area (Å²) >= 11 is 0. The van der Waals surface area contributed by atoms with Crippen LogP contribution in [0, 0.1) is 0 Å². The molecule has 0 spiro atoms. The molecule has 0 unspecified atom stereocenters. The third kappa shape index (κ3) is 2.59. The minimum absolute atomic E-state index is 0.436. The first-order valence-electron chi connectivity index (χ1n) is 9.74. The maximum Gasteiger partial charge on any atom is 0.136 e. The fourth-order valence-corrected chi connectivity index (χ4v) is 4.35. The molecule has 2 aliphatic carbocycles. The van der Waals surface area contributed by atoms with Crippen molar-refractivity contribution in [2.24, 2.45) is 0 Å². The number of nitrogens with zero attached hydrogens (tertiary/aromatic N) is 3. The second-order valence-electron chi connectivity index (χ2n) is 7.93. The molecular formula is C21H26N4. The summed E-state index contributed by atoms with van der Waals surface area (Å²) in [5.74, 6) is 4.39. The van der Waals surface area contributed by atoms with Gasteiger partial charge in [0.05, 0.1) is 6.04 Å². The zero-order valence-corrected chi connectivity index (χ0v) is 15.1. The molecule has 1 saturated heterocycles. The fraction of sp³-hybridized carbons (Fsp3) is 0.524. The maximum atomic E-state index is 4.98. The SMILES string of the molecule is CC[C@@H](C)Nc1cc(N2C[C@H]3C[C@H]2c2ccccc23)nc(C2CC2)n1. The van der Waals surface area contributed by atoms with Gasteiger partial charge in [-0.1, -0.05) is 31.2 Å². The zero-order chi connectivity index (χ0) is 17.0. The van der Waals surface area contributed by atoms with Crippen molar-refractivity contribution in [2.75, 3.05) is 16.8 Å². The topological polar surface area (TPSA) is 41.0 Å². The molecule has 0 radical (unpaired) electrons. The lowest BCUT2D eigenvalue weighted by Crippen LogP contribution is -2.28. The average molecular weight is 334 g/mol. The van der Waals surface area contributed by atoms with Crippen LogP contribution in [0.4, 0.5) is 11.6 Å². The Morgan fingerprint density at radius 2 is 1.96 bits per heavy atom. The minimum atomic E-state index is 0.436. The van der Waals surface area contributed by atoms with Crippen LogP contribution in [0.15, 0.2) is 30.3 Å². The Hall–Kier alpha value is -2.10. The lowest BCUT2D eigenvalue weighted by Gasteiger charge is -2.30. The summed E-state index contributed by atoms with van der Waals surface area (Å²) in [5, 5.41) is 3.56. The van der Waals surface area contributed by atoms with Crippen LogP contribution in [0.5, 0.6) is 0 Å². The van der Waals surface area contributed by atoms with Crippen molar-refractivity contribution < 1.29 is 0 Å². The molecule has 4 nitrogen and oxygen atoms in total. The van der Waals surface area contributed by atoms with Crippen LogP contribution in [-0.2, 0) is 0 Å². The minimum Gasteiger partial charge on any atom is -0.367 e. The van der Waals surface area contributed by atoms with Crippen molar-refractivity contribution in [3.05, 3.63) is 47.3 Å². The van der Waals surface area contributed by atoms with Crippen LogP contribution < -0.4 is 10.2 Å². The second kappa shape index (κ2) is 5.72. The predicted octanol–water partition coefficient (Wildman–Crippen LogP) is 4.61. The van der Waals surface area contributed by atoms with Crippen molar-refractivity contribution in [3.63, 3.8) is 0 Å². The number of benzene rings is 1. The van der Waals surface area contributed by atoms with Gasteiger partial charge in [0.2, 0.25) is 0 Å². The molecule has 3 aliphatic rings. The summed E-state index contributed by atoms with van der Waals surface area (Å²) in [6.45, 7) is 5.51. The molecule has 5 rings (SSSR count). The second-order valence-corrected chi connectivity index (χ2v) is 7.93. The number of anilines is 2. The van der Waals surface area contributed by atoms with Crippen LogP contribution in [0.2, 0.25) is 0 Å². The third-order valence-electron chi connectivity index (χ3n) is 6.07. The van der Waals surface area contributed by atoms with E-state index in [4.69, 9.17) is 9.97 Å². The average Bonchev–Trinajstić information content (AvgIpc) is 3.32. The Bertz CT molecular complexity index is 798. The summed E-state index contributed by atoms with van der Waals surface area (Å²) in [6.07, 6.45) is 4.80. The molecule has 130 valence electrons. The van der Waals surface area contributed by atoms with Gasteiger partial charge in [0, 0.05) is 30.5 Å². The molecule has 4 heteroatoms. The summed E-state index contributed by atoms with van der Waals surface area (Å²) in [5.41, 5.74) is 3.06. The first-order chi connectivity index (χ1) is 12.2. The number of fused-ring (bicyclic) bond motifs is 5. The van der Waals surface area contributed by atoms with Crippen molar-refractivity contribution >= 4 is 11.6 Å². The Morgan fingerprint density at radius 1 is 1.16 bits per heavy atom. The highest BCUT2D eigenvalue weighted by molar-refractivity contribution is 5.57. The summed E-state index contributed by atoms with van der Waals surface area (Å²) < 4.78 is 0. The van der Waals surface area contributed by atoms with E-state index in [-0.39, 0.29) is 0 Å². The molecule has 1 aliphatic heterocycles. The molecule has 2 fully saturated rings. The molecule has 1 saturated carbocycles. The van der Waals surface area contributed by atoms with E-state index in [0.29, 0.717) is 23.9 Å². The molecule has 2 aromatic rings. The largest absolute Gasteiger partial charge is 0.367 e. The molecule has 1 aromatic carbocycles. The van der Waals surface area contributed by atoms with E-state index in [1.165, 1.54) is 24.8 Å². The summed E-state index contributed by atoms with van der Waals surface area (Å²) in [4.78, 5) is 12.3. The normalized spacial score (nSPS) is 25.1. The van der Waals surface area contributed by atoms with Crippen molar-refractivity contribution in [2.45, 2.75) is 63.5 Å². The number of hydrogen-bond donors (Lipinski definition) is 1. The smallest absolute Gasteiger partial charge is 0.136 e. The summed E-state index contributed by atoms with van der Waals surface area (Å²) in [6, 6.07) is 12.0. The quantitative estimate of drug-likeness (QED) is 0.867. The molecule has 2 heterocycles. The van der Waals surface area contributed by atoms with Gasteiger partial charge < -0.3 is 10.2 Å². The van der Waals surface area contributed by atoms with Gasteiger partial charge in [-0.15, -0.1) is 0 Å². The molecule has 2 bridgehead atoms. The first kappa shape index (κ1) is 15.2. The van der Waals surface area contributed by atoms with Crippen LogP contribution in [0.3, 0.4) is 0 Å². The highest BCUT2D eigenvalue weighted by Gasteiger charge is 2.43. The maximum absolute atomic E-state index is 4.98. The van der Waals surface area contributed by atoms with Gasteiger partial charge in [-0.05, 0) is 43.7 Å². The monoisotopic (exact) mass is 334 g/mol. The van der Waals surface area contributed by atoms with Gasteiger partial charge in [-0.2, -0.15) is 0 Å². The van der Waals surface area contributed by atoms with Crippen molar-refractivity contribution in [1.82, 2.24) is 9.97 Å². The highest BCUT2D eigenvalue weighted by atomic mass is 15.3. The Morgan fingerprint density at radius 3 is 2.72 bits per heavy atom. The Labute approximate surface area is 149 Å². The van der Waals surface area contributed by atoms with Crippen LogP contribution in [0.1, 0.15) is 74.4 Å². The molecule has 3 atom stereocenters. The highest BCUT2D eigenvalue weighted by Crippen LogP contribution is 2.51. The molecule has 25 heavy (non-hydrogen) atoms. The van der Waals surface area contributed by atoms with Crippen LogP contribution in [-0.4, -0.2) is 22.6 Å².